The van der Waals surface area contributed by atoms with E-state index in [9.17, 15) is 4.79 Å². The van der Waals surface area contributed by atoms with E-state index in [4.69, 9.17) is 5.73 Å². The molecular weight excluding hydrogens is 266 g/mol. The van der Waals surface area contributed by atoms with Gasteiger partial charge in [-0.05, 0) is 31.0 Å². The van der Waals surface area contributed by atoms with Crippen molar-refractivity contribution >= 4 is 17.3 Å². The molecule has 0 aliphatic rings. The number of carbonyl (C=O) groups is 1. The topological polar surface area (TPSA) is 85.0 Å². The van der Waals surface area contributed by atoms with Gasteiger partial charge in [0.15, 0.2) is 0 Å². The maximum atomic E-state index is 11.5. The summed E-state index contributed by atoms with van der Waals surface area (Å²) in [5, 5.41) is 5.87. The number of aromatic nitrogens is 2. The molecule has 2 aromatic rings. The molecule has 112 valence electrons. The molecule has 4 N–H and O–H groups in total. The van der Waals surface area contributed by atoms with Gasteiger partial charge in [0.05, 0.1) is 17.7 Å². The third kappa shape index (κ3) is 4.24. The molecule has 6 nitrogen and oxygen atoms in total. The lowest BCUT2D eigenvalue weighted by Gasteiger charge is -2.10. The Morgan fingerprint density at radius 2 is 2.24 bits per heavy atom. The van der Waals surface area contributed by atoms with E-state index in [1.807, 2.05) is 18.6 Å². The summed E-state index contributed by atoms with van der Waals surface area (Å²) < 4.78 is 2.06. The monoisotopic (exact) mass is 287 g/mol. The van der Waals surface area contributed by atoms with E-state index in [1.54, 1.807) is 25.4 Å². The first-order chi connectivity index (χ1) is 10.2. The molecular formula is C15H21N5O. The summed E-state index contributed by atoms with van der Waals surface area (Å²) in [5.41, 5.74) is 7.98. The van der Waals surface area contributed by atoms with Gasteiger partial charge in [-0.15, -0.1) is 0 Å². The molecule has 6 heteroatoms. The van der Waals surface area contributed by atoms with Gasteiger partial charge in [0.25, 0.3) is 5.91 Å². The molecule has 0 aliphatic heterocycles. The third-order valence-electron chi connectivity index (χ3n) is 3.26. The highest BCUT2D eigenvalue weighted by Crippen LogP contribution is 2.19. The summed E-state index contributed by atoms with van der Waals surface area (Å²) >= 11 is 0. The highest BCUT2D eigenvalue weighted by Gasteiger charge is 2.05. The van der Waals surface area contributed by atoms with Crippen LogP contribution in [0.2, 0.25) is 0 Å². The van der Waals surface area contributed by atoms with Gasteiger partial charge in [-0.2, -0.15) is 0 Å². The predicted molar refractivity (Wildman–Crippen MR) is 84.2 cm³/mol. The van der Waals surface area contributed by atoms with Crippen LogP contribution in [0.1, 0.15) is 23.2 Å². The molecule has 0 radical (unpaired) electrons. The number of anilines is 2. The van der Waals surface area contributed by atoms with Crippen molar-refractivity contribution in [2.75, 3.05) is 24.6 Å². The van der Waals surface area contributed by atoms with E-state index in [-0.39, 0.29) is 5.91 Å². The van der Waals surface area contributed by atoms with E-state index in [1.165, 1.54) is 0 Å². The Morgan fingerprint density at radius 1 is 1.38 bits per heavy atom. The first-order valence-electron chi connectivity index (χ1n) is 7.02. The number of hydrogen-bond donors (Lipinski definition) is 3. The van der Waals surface area contributed by atoms with E-state index in [0.717, 1.165) is 31.6 Å². The van der Waals surface area contributed by atoms with Gasteiger partial charge in [0.2, 0.25) is 0 Å². The largest absolute Gasteiger partial charge is 0.397 e. The molecule has 0 spiro atoms. The number of unbranched alkanes of at least 4 members (excludes halogenated alkanes) is 1. The van der Waals surface area contributed by atoms with Gasteiger partial charge in [-0.25, -0.2) is 4.98 Å². The summed E-state index contributed by atoms with van der Waals surface area (Å²) in [6.45, 7) is 1.81. The van der Waals surface area contributed by atoms with Crippen LogP contribution in [-0.2, 0) is 6.54 Å². The zero-order chi connectivity index (χ0) is 15.1. The number of nitrogens with one attached hydrogen (secondary N) is 2. The Morgan fingerprint density at radius 3 is 2.90 bits per heavy atom. The van der Waals surface area contributed by atoms with Gasteiger partial charge in [-0.1, -0.05) is 0 Å². The summed E-state index contributed by atoms with van der Waals surface area (Å²) in [5.74, 6) is -0.131. The van der Waals surface area contributed by atoms with E-state index < -0.39 is 0 Å². The zero-order valence-electron chi connectivity index (χ0n) is 12.2. The summed E-state index contributed by atoms with van der Waals surface area (Å²) in [6, 6.07) is 5.30. The van der Waals surface area contributed by atoms with Crippen LogP contribution < -0.4 is 16.4 Å². The number of imidazole rings is 1. The van der Waals surface area contributed by atoms with Crippen molar-refractivity contribution in [3.05, 3.63) is 42.5 Å². The molecule has 1 amide bonds. The first kappa shape index (κ1) is 14.9. The molecule has 0 unspecified atom stereocenters. The number of nitrogens with two attached hydrogens (primary N) is 1. The van der Waals surface area contributed by atoms with Crippen LogP contribution in [0, 0.1) is 0 Å². The minimum absolute atomic E-state index is 0.131. The molecule has 0 fully saturated rings. The molecule has 1 heterocycles. The van der Waals surface area contributed by atoms with Crippen LogP contribution in [0.5, 0.6) is 0 Å². The second-order valence-electron chi connectivity index (χ2n) is 4.82. The van der Waals surface area contributed by atoms with Crippen molar-refractivity contribution in [1.82, 2.24) is 14.9 Å². The number of nitrogens with zero attached hydrogens (tertiary/aromatic N) is 2. The maximum Gasteiger partial charge on any atom is 0.251 e. The molecule has 1 aromatic carbocycles. The molecule has 2 rings (SSSR count). The van der Waals surface area contributed by atoms with E-state index in [0.29, 0.717) is 11.3 Å². The number of amides is 1. The Bertz CT molecular complexity index is 580. The van der Waals surface area contributed by atoms with Crippen molar-refractivity contribution in [2.45, 2.75) is 19.4 Å². The van der Waals surface area contributed by atoms with Crippen LogP contribution in [0.4, 0.5) is 11.4 Å². The Balaban J connectivity index is 1.76. The fourth-order valence-electron chi connectivity index (χ4n) is 2.07. The lowest BCUT2D eigenvalue weighted by molar-refractivity contribution is 0.0963. The first-order valence-corrected chi connectivity index (χ1v) is 7.02. The smallest absolute Gasteiger partial charge is 0.251 e. The Labute approximate surface area is 124 Å². The molecule has 0 saturated carbocycles. The van der Waals surface area contributed by atoms with Crippen LogP contribution >= 0.6 is 0 Å². The number of aryl methyl sites for hydroxylation is 1. The molecule has 21 heavy (non-hydrogen) atoms. The summed E-state index contributed by atoms with van der Waals surface area (Å²) in [6.07, 6.45) is 7.67. The predicted octanol–water partition coefficient (Wildman–Crippen LogP) is 1.72. The van der Waals surface area contributed by atoms with Crippen molar-refractivity contribution in [3.63, 3.8) is 0 Å². The van der Waals surface area contributed by atoms with Crippen LogP contribution in [0.25, 0.3) is 0 Å². The van der Waals surface area contributed by atoms with Crippen molar-refractivity contribution in [2.24, 2.45) is 0 Å². The zero-order valence-corrected chi connectivity index (χ0v) is 12.2. The number of nitrogen functional groups attached to an aromatic ring is 1. The van der Waals surface area contributed by atoms with Gasteiger partial charge in [0.1, 0.15) is 0 Å². The second kappa shape index (κ2) is 7.33. The average Bonchev–Trinajstić information content (AvgIpc) is 3.00. The minimum Gasteiger partial charge on any atom is -0.397 e. The standard InChI is InChI=1S/C15H21N5O/c1-17-15(21)12-4-5-14(13(16)10-12)19-6-2-3-8-20-9-7-18-11-20/h4-5,7,9-11,19H,2-3,6,8,16H2,1H3,(H,17,21). The second-order valence-corrected chi connectivity index (χ2v) is 4.82. The third-order valence-corrected chi connectivity index (χ3v) is 3.26. The van der Waals surface area contributed by atoms with Crippen LogP contribution in [-0.4, -0.2) is 29.1 Å². The molecule has 0 saturated heterocycles. The SMILES string of the molecule is CNC(=O)c1ccc(NCCCCn2ccnc2)c(N)c1. The van der Waals surface area contributed by atoms with Crippen molar-refractivity contribution in [1.29, 1.82) is 0 Å². The number of hydrogen-bond acceptors (Lipinski definition) is 4. The van der Waals surface area contributed by atoms with Gasteiger partial charge in [0, 0.05) is 38.1 Å². The summed E-state index contributed by atoms with van der Waals surface area (Å²) in [7, 11) is 1.60. The van der Waals surface area contributed by atoms with E-state index >= 15 is 0 Å². The van der Waals surface area contributed by atoms with Gasteiger partial charge < -0.3 is 20.9 Å². The molecule has 0 bridgehead atoms. The summed E-state index contributed by atoms with van der Waals surface area (Å²) in [4.78, 5) is 15.5. The molecule has 0 aliphatic carbocycles. The molecule has 0 atom stereocenters. The minimum atomic E-state index is -0.131. The normalized spacial score (nSPS) is 10.3. The highest BCUT2D eigenvalue weighted by molar-refractivity contribution is 5.95. The number of benzene rings is 1. The van der Waals surface area contributed by atoms with Gasteiger partial charge in [-0.3, -0.25) is 4.79 Å². The van der Waals surface area contributed by atoms with Crippen LogP contribution in [0.3, 0.4) is 0 Å². The van der Waals surface area contributed by atoms with Gasteiger partial charge >= 0.3 is 0 Å². The van der Waals surface area contributed by atoms with E-state index in [2.05, 4.69) is 20.2 Å². The van der Waals surface area contributed by atoms with Crippen LogP contribution in [0.15, 0.2) is 36.9 Å². The number of rotatable bonds is 7. The highest BCUT2D eigenvalue weighted by atomic mass is 16.1. The number of carbonyl (C=O) groups excluding carboxylic acids is 1. The Hall–Kier alpha value is -2.50. The average molecular weight is 287 g/mol. The molecule has 1 aromatic heterocycles. The fraction of sp³-hybridized carbons (Fsp3) is 0.333. The van der Waals surface area contributed by atoms with Crippen molar-refractivity contribution < 1.29 is 4.79 Å². The Kier molecular flexibility index (Phi) is 5.20. The van der Waals surface area contributed by atoms with Crippen molar-refractivity contribution in [3.8, 4) is 0 Å². The lowest BCUT2D eigenvalue weighted by Crippen LogP contribution is -2.18. The maximum absolute atomic E-state index is 11.5. The quantitative estimate of drug-likeness (QED) is 0.534. The lowest BCUT2D eigenvalue weighted by atomic mass is 10.1. The fourth-order valence-corrected chi connectivity index (χ4v) is 2.07.